The molecule has 2 aliphatic heterocycles. The smallest absolute Gasteiger partial charge is 0.285 e. The number of rotatable bonds is 5. The zero-order chi connectivity index (χ0) is 20.4. The van der Waals surface area contributed by atoms with Gasteiger partial charge < -0.3 is 4.74 Å². The highest BCUT2D eigenvalue weighted by molar-refractivity contribution is 7.86. The van der Waals surface area contributed by atoms with Crippen LogP contribution in [0.15, 0.2) is 29.1 Å². The van der Waals surface area contributed by atoms with Gasteiger partial charge in [-0.1, -0.05) is 24.3 Å². The summed E-state index contributed by atoms with van der Waals surface area (Å²) < 4.78 is 34.2. The van der Waals surface area contributed by atoms with Gasteiger partial charge in [0.05, 0.1) is 19.5 Å². The first-order chi connectivity index (χ1) is 13.9. The number of aromatic nitrogens is 2. The van der Waals surface area contributed by atoms with Gasteiger partial charge >= 0.3 is 0 Å². The number of anilines is 1. The van der Waals surface area contributed by atoms with Crippen LogP contribution in [0.2, 0.25) is 0 Å². The molecule has 0 bridgehead atoms. The Balaban J connectivity index is 1.79. The van der Waals surface area contributed by atoms with Crippen LogP contribution >= 0.6 is 0 Å². The van der Waals surface area contributed by atoms with E-state index >= 15 is 0 Å². The third-order valence-electron chi connectivity index (χ3n) is 5.09. The zero-order valence-electron chi connectivity index (χ0n) is 16.3. The number of H-pyrrole nitrogens is 1. The summed E-state index contributed by atoms with van der Waals surface area (Å²) >= 11 is 0. The molecule has 29 heavy (non-hydrogen) atoms. The second-order valence-corrected chi connectivity index (χ2v) is 8.82. The zero-order valence-corrected chi connectivity index (χ0v) is 17.1. The number of ether oxygens (including phenoxy) is 1. The monoisotopic (exact) mass is 420 g/mol. The predicted molar refractivity (Wildman–Crippen MR) is 108 cm³/mol. The SMILES string of the molecule is CS(=O)(=O)ON1CCCc2c1c(-c1ccccc1CN1CCOCC1)n[nH]c2=O. The summed E-state index contributed by atoms with van der Waals surface area (Å²) in [4.78, 5) is 14.7. The van der Waals surface area contributed by atoms with E-state index < -0.39 is 10.1 Å². The van der Waals surface area contributed by atoms with Gasteiger partial charge in [-0.2, -0.15) is 13.5 Å². The van der Waals surface area contributed by atoms with Crippen LogP contribution in [0.3, 0.4) is 0 Å². The highest BCUT2D eigenvalue weighted by Gasteiger charge is 2.29. The molecule has 1 fully saturated rings. The summed E-state index contributed by atoms with van der Waals surface area (Å²) in [6.07, 6.45) is 2.15. The molecule has 156 valence electrons. The largest absolute Gasteiger partial charge is 0.379 e. The molecule has 0 saturated carbocycles. The Labute approximate surface area is 169 Å². The van der Waals surface area contributed by atoms with Crippen LogP contribution in [0, 0.1) is 0 Å². The number of aromatic amines is 1. The maximum atomic E-state index is 12.4. The van der Waals surface area contributed by atoms with E-state index in [0.717, 1.165) is 30.5 Å². The topological polar surface area (TPSA) is 105 Å². The molecule has 4 rings (SSSR count). The number of hydroxylamine groups is 1. The molecule has 0 amide bonds. The lowest BCUT2D eigenvalue weighted by Gasteiger charge is -2.30. The van der Waals surface area contributed by atoms with E-state index in [2.05, 4.69) is 15.1 Å². The number of hydrogen-bond acceptors (Lipinski definition) is 8. The van der Waals surface area contributed by atoms with E-state index in [0.29, 0.717) is 56.1 Å². The maximum absolute atomic E-state index is 12.4. The summed E-state index contributed by atoms with van der Waals surface area (Å²) in [5.41, 5.74) is 3.01. The number of fused-ring (bicyclic) bond motifs is 1. The molecular weight excluding hydrogens is 396 g/mol. The van der Waals surface area contributed by atoms with Crippen LogP contribution in [-0.2, 0) is 32.1 Å². The fourth-order valence-electron chi connectivity index (χ4n) is 3.80. The average molecular weight is 420 g/mol. The van der Waals surface area contributed by atoms with Gasteiger partial charge in [0.2, 0.25) is 0 Å². The lowest BCUT2D eigenvalue weighted by Crippen LogP contribution is -2.36. The predicted octanol–water partition coefficient (Wildman–Crippen LogP) is 0.913. The molecule has 0 atom stereocenters. The molecule has 0 unspecified atom stereocenters. The maximum Gasteiger partial charge on any atom is 0.285 e. The minimum atomic E-state index is -3.75. The summed E-state index contributed by atoms with van der Waals surface area (Å²) in [5.74, 6) is 0. The molecule has 0 aliphatic carbocycles. The molecule has 10 heteroatoms. The Bertz CT molecular complexity index is 1050. The van der Waals surface area contributed by atoms with Gasteiger partial charge in [0.15, 0.2) is 0 Å². The molecule has 1 saturated heterocycles. The number of morpholine rings is 1. The van der Waals surface area contributed by atoms with Gasteiger partial charge in [-0.3, -0.25) is 9.69 Å². The van der Waals surface area contributed by atoms with E-state index in [4.69, 9.17) is 9.02 Å². The molecule has 2 aliphatic rings. The second kappa shape index (κ2) is 8.23. The highest BCUT2D eigenvalue weighted by Crippen LogP contribution is 2.36. The van der Waals surface area contributed by atoms with Gasteiger partial charge in [-0.15, -0.1) is 4.28 Å². The Morgan fingerprint density at radius 2 is 1.97 bits per heavy atom. The number of benzene rings is 1. The van der Waals surface area contributed by atoms with Gasteiger partial charge in [0, 0.05) is 37.3 Å². The fourth-order valence-corrected chi connectivity index (χ4v) is 4.28. The average Bonchev–Trinajstić information content (AvgIpc) is 2.69. The van der Waals surface area contributed by atoms with Crippen molar-refractivity contribution in [3.63, 3.8) is 0 Å². The van der Waals surface area contributed by atoms with Crippen LogP contribution in [-0.4, -0.2) is 62.6 Å². The van der Waals surface area contributed by atoms with Crippen molar-refractivity contribution in [3.8, 4) is 11.3 Å². The molecule has 0 spiro atoms. The van der Waals surface area contributed by atoms with Crippen LogP contribution in [0.1, 0.15) is 17.5 Å². The van der Waals surface area contributed by atoms with Crippen molar-refractivity contribution < 1.29 is 17.4 Å². The van der Waals surface area contributed by atoms with Crippen molar-refractivity contribution in [2.75, 3.05) is 44.2 Å². The van der Waals surface area contributed by atoms with Crippen molar-refractivity contribution in [2.45, 2.75) is 19.4 Å². The van der Waals surface area contributed by atoms with E-state index in [1.54, 1.807) is 0 Å². The minimum absolute atomic E-state index is 0.323. The molecule has 1 aromatic heterocycles. The second-order valence-electron chi connectivity index (χ2n) is 7.26. The van der Waals surface area contributed by atoms with E-state index in [1.165, 1.54) is 5.06 Å². The fraction of sp³-hybridized carbons (Fsp3) is 0.474. The Hall–Kier alpha value is -2.27. The van der Waals surface area contributed by atoms with E-state index in [9.17, 15) is 13.2 Å². The third-order valence-corrected chi connectivity index (χ3v) is 5.54. The standard InChI is InChI=1S/C19H24N4O5S/c1-29(25,26)28-23-8-4-7-16-18(23)17(20-21-19(16)24)15-6-3-2-5-14(15)13-22-9-11-27-12-10-22/h2-3,5-6H,4,7-13H2,1H3,(H,21,24). The summed E-state index contributed by atoms with van der Waals surface area (Å²) in [5, 5.41) is 8.16. The van der Waals surface area contributed by atoms with Crippen LogP contribution in [0.4, 0.5) is 5.69 Å². The highest BCUT2D eigenvalue weighted by atomic mass is 32.2. The minimum Gasteiger partial charge on any atom is -0.379 e. The van der Waals surface area contributed by atoms with Crippen LogP contribution < -0.4 is 10.6 Å². The van der Waals surface area contributed by atoms with Crippen LogP contribution in [0.25, 0.3) is 11.3 Å². The van der Waals surface area contributed by atoms with E-state index in [1.807, 2.05) is 24.3 Å². The van der Waals surface area contributed by atoms with Crippen molar-refractivity contribution in [2.24, 2.45) is 0 Å². The van der Waals surface area contributed by atoms with Gasteiger partial charge in [0.1, 0.15) is 11.4 Å². The Morgan fingerprint density at radius 3 is 2.72 bits per heavy atom. The van der Waals surface area contributed by atoms with Crippen molar-refractivity contribution in [1.29, 1.82) is 0 Å². The van der Waals surface area contributed by atoms with E-state index in [-0.39, 0.29) is 5.56 Å². The summed E-state index contributed by atoms with van der Waals surface area (Å²) in [6, 6.07) is 7.82. The molecule has 0 radical (unpaired) electrons. The molecule has 1 N–H and O–H groups in total. The number of hydrogen-bond donors (Lipinski definition) is 1. The number of nitrogens with one attached hydrogen (secondary N) is 1. The van der Waals surface area contributed by atoms with Gasteiger partial charge in [0.25, 0.3) is 15.7 Å². The molecule has 3 heterocycles. The Kier molecular flexibility index (Phi) is 5.68. The first-order valence-corrected chi connectivity index (χ1v) is 11.4. The van der Waals surface area contributed by atoms with Gasteiger partial charge in [-0.25, -0.2) is 10.2 Å². The first-order valence-electron chi connectivity index (χ1n) is 9.59. The summed E-state index contributed by atoms with van der Waals surface area (Å²) in [6.45, 7) is 4.16. The lowest BCUT2D eigenvalue weighted by atomic mass is 9.97. The lowest BCUT2D eigenvalue weighted by molar-refractivity contribution is 0.0342. The summed E-state index contributed by atoms with van der Waals surface area (Å²) in [7, 11) is -3.75. The first kappa shape index (κ1) is 20.0. The van der Waals surface area contributed by atoms with Gasteiger partial charge in [-0.05, 0) is 18.4 Å². The molecular formula is C19H24N4O5S. The number of nitrogens with zero attached hydrogens (tertiary/aromatic N) is 3. The van der Waals surface area contributed by atoms with Crippen LogP contribution in [0.5, 0.6) is 0 Å². The molecule has 9 nitrogen and oxygen atoms in total. The van der Waals surface area contributed by atoms with Crippen molar-refractivity contribution >= 4 is 15.8 Å². The van der Waals surface area contributed by atoms with Crippen molar-refractivity contribution in [3.05, 3.63) is 45.7 Å². The normalized spacial score (nSPS) is 17.9. The third kappa shape index (κ3) is 4.50. The Morgan fingerprint density at radius 1 is 1.21 bits per heavy atom. The molecule has 2 aromatic rings. The molecule has 1 aromatic carbocycles. The van der Waals surface area contributed by atoms with Crippen molar-refractivity contribution in [1.82, 2.24) is 15.1 Å². The quantitative estimate of drug-likeness (QED) is 0.761.